The van der Waals surface area contributed by atoms with E-state index in [1.807, 2.05) is 59.2 Å². The van der Waals surface area contributed by atoms with Crippen molar-refractivity contribution < 1.29 is 13.5 Å². The molecule has 4 nitrogen and oxygen atoms in total. The summed E-state index contributed by atoms with van der Waals surface area (Å²) in [6.07, 6.45) is 0. The second-order valence-electron chi connectivity index (χ2n) is 6.20. The van der Waals surface area contributed by atoms with Crippen LogP contribution in [-0.2, 0) is 5.75 Å². The van der Waals surface area contributed by atoms with Gasteiger partial charge < -0.3 is 4.74 Å². The van der Waals surface area contributed by atoms with Crippen molar-refractivity contribution in [3.8, 4) is 22.8 Å². The second-order valence-corrected chi connectivity index (χ2v) is 7.14. The molecule has 0 aliphatic carbocycles. The van der Waals surface area contributed by atoms with Crippen LogP contribution in [0, 0.1) is 11.6 Å². The van der Waals surface area contributed by atoms with E-state index < -0.39 is 11.6 Å². The lowest BCUT2D eigenvalue weighted by atomic mass is 10.2. The highest BCUT2D eigenvalue weighted by Crippen LogP contribution is 2.31. The summed E-state index contributed by atoms with van der Waals surface area (Å²) in [5.41, 5.74) is 1.69. The van der Waals surface area contributed by atoms with E-state index in [2.05, 4.69) is 10.2 Å². The van der Waals surface area contributed by atoms with Gasteiger partial charge in [-0.1, -0.05) is 48.2 Å². The molecule has 0 bridgehead atoms. The maximum atomic E-state index is 14.0. The summed E-state index contributed by atoms with van der Waals surface area (Å²) in [7, 11) is 1.60. The van der Waals surface area contributed by atoms with Crippen LogP contribution in [-0.4, -0.2) is 21.9 Å². The Morgan fingerprint density at radius 2 is 1.62 bits per heavy atom. The third kappa shape index (κ3) is 4.00. The average molecular weight is 409 g/mol. The highest BCUT2D eigenvalue weighted by molar-refractivity contribution is 7.98. The summed E-state index contributed by atoms with van der Waals surface area (Å²) in [5.74, 6) is 0.272. The van der Waals surface area contributed by atoms with Crippen LogP contribution < -0.4 is 4.74 Å². The molecule has 0 saturated heterocycles. The van der Waals surface area contributed by atoms with Crippen LogP contribution in [0.3, 0.4) is 0 Å². The standard InChI is InChI=1S/C22H17F2N3OS/c1-28-17-10-5-7-15(13-17)21-25-26-22(27(21)16-8-3-2-4-9-16)29-14-18-19(23)11-6-12-20(18)24/h2-13H,14H2,1H3. The van der Waals surface area contributed by atoms with Gasteiger partial charge in [0, 0.05) is 22.6 Å². The summed E-state index contributed by atoms with van der Waals surface area (Å²) >= 11 is 1.23. The second kappa shape index (κ2) is 8.45. The van der Waals surface area contributed by atoms with Crippen LogP contribution in [0.5, 0.6) is 5.75 Å². The van der Waals surface area contributed by atoms with E-state index in [4.69, 9.17) is 4.74 Å². The Morgan fingerprint density at radius 1 is 0.897 bits per heavy atom. The van der Waals surface area contributed by atoms with Crippen molar-refractivity contribution >= 4 is 11.8 Å². The van der Waals surface area contributed by atoms with Gasteiger partial charge in [0.1, 0.15) is 17.4 Å². The fraction of sp³-hybridized carbons (Fsp3) is 0.0909. The van der Waals surface area contributed by atoms with Gasteiger partial charge in [0.2, 0.25) is 0 Å². The number of hydrogen-bond donors (Lipinski definition) is 0. The van der Waals surface area contributed by atoms with Crippen molar-refractivity contribution in [1.29, 1.82) is 0 Å². The van der Waals surface area contributed by atoms with Gasteiger partial charge in [0.05, 0.1) is 7.11 Å². The molecule has 0 fully saturated rings. The van der Waals surface area contributed by atoms with Gasteiger partial charge in [-0.2, -0.15) is 0 Å². The molecular formula is C22H17F2N3OS. The smallest absolute Gasteiger partial charge is 0.196 e. The topological polar surface area (TPSA) is 39.9 Å². The maximum Gasteiger partial charge on any atom is 0.196 e. The van der Waals surface area contributed by atoms with Gasteiger partial charge in [-0.25, -0.2) is 8.78 Å². The molecule has 1 heterocycles. The minimum absolute atomic E-state index is 0.0167. The van der Waals surface area contributed by atoms with Crippen LogP contribution in [0.4, 0.5) is 8.78 Å². The fourth-order valence-electron chi connectivity index (χ4n) is 2.93. The van der Waals surface area contributed by atoms with Gasteiger partial charge in [-0.05, 0) is 36.4 Å². The third-order valence-corrected chi connectivity index (χ3v) is 5.34. The molecule has 0 saturated carbocycles. The first-order valence-corrected chi connectivity index (χ1v) is 9.87. The van der Waals surface area contributed by atoms with E-state index in [9.17, 15) is 8.78 Å². The average Bonchev–Trinajstić information content (AvgIpc) is 3.18. The Hall–Kier alpha value is -3.19. The van der Waals surface area contributed by atoms with Gasteiger partial charge in [-0.15, -0.1) is 10.2 Å². The number of benzene rings is 3. The first-order chi connectivity index (χ1) is 14.2. The van der Waals surface area contributed by atoms with E-state index in [1.54, 1.807) is 7.11 Å². The van der Waals surface area contributed by atoms with Crippen LogP contribution in [0.1, 0.15) is 5.56 Å². The zero-order valence-electron chi connectivity index (χ0n) is 15.5. The number of aromatic nitrogens is 3. The van der Waals surface area contributed by atoms with Crippen molar-refractivity contribution in [2.24, 2.45) is 0 Å². The van der Waals surface area contributed by atoms with E-state index in [0.717, 1.165) is 11.3 Å². The molecule has 29 heavy (non-hydrogen) atoms. The van der Waals surface area contributed by atoms with E-state index in [1.165, 1.54) is 30.0 Å². The van der Waals surface area contributed by atoms with Crippen molar-refractivity contribution in [3.63, 3.8) is 0 Å². The highest BCUT2D eigenvalue weighted by Gasteiger charge is 2.18. The number of nitrogens with zero attached hydrogens (tertiary/aromatic N) is 3. The minimum Gasteiger partial charge on any atom is -0.497 e. The van der Waals surface area contributed by atoms with Gasteiger partial charge in [0.15, 0.2) is 11.0 Å². The zero-order valence-corrected chi connectivity index (χ0v) is 16.4. The van der Waals surface area contributed by atoms with Gasteiger partial charge >= 0.3 is 0 Å². The number of rotatable bonds is 6. The normalized spacial score (nSPS) is 10.9. The third-order valence-electron chi connectivity index (χ3n) is 4.38. The Bertz CT molecular complexity index is 1110. The van der Waals surface area contributed by atoms with Crippen LogP contribution >= 0.6 is 11.8 Å². The Labute approximate surface area is 171 Å². The van der Waals surface area contributed by atoms with Crippen LogP contribution in [0.15, 0.2) is 78.0 Å². The number of hydrogen-bond acceptors (Lipinski definition) is 4. The van der Waals surface area contributed by atoms with Gasteiger partial charge in [-0.3, -0.25) is 4.57 Å². The lowest BCUT2D eigenvalue weighted by molar-refractivity contribution is 0.415. The van der Waals surface area contributed by atoms with E-state index in [0.29, 0.717) is 16.7 Å². The summed E-state index contributed by atoms with van der Waals surface area (Å²) in [5, 5.41) is 9.17. The monoisotopic (exact) mass is 409 g/mol. The molecule has 7 heteroatoms. The fourth-order valence-corrected chi connectivity index (χ4v) is 3.90. The molecule has 0 aliphatic rings. The number of ether oxygens (including phenoxy) is 1. The summed E-state index contributed by atoms with van der Waals surface area (Å²) in [6.45, 7) is 0. The molecule has 0 atom stereocenters. The molecule has 0 amide bonds. The SMILES string of the molecule is COc1cccc(-c2nnc(SCc3c(F)cccc3F)n2-c2ccccc2)c1. The molecular weight excluding hydrogens is 392 g/mol. The highest BCUT2D eigenvalue weighted by atomic mass is 32.2. The molecule has 3 aromatic carbocycles. The zero-order chi connectivity index (χ0) is 20.2. The minimum atomic E-state index is -0.573. The lowest BCUT2D eigenvalue weighted by Gasteiger charge is -2.11. The number of thioether (sulfide) groups is 1. The van der Waals surface area contributed by atoms with Crippen molar-refractivity contribution in [2.45, 2.75) is 10.9 Å². The molecule has 0 aliphatic heterocycles. The van der Waals surface area contributed by atoms with E-state index in [-0.39, 0.29) is 11.3 Å². The molecule has 146 valence electrons. The molecule has 4 rings (SSSR count). The summed E-state index contributed by atoms with van der Waals surface area (Å²) in [4.78, 5) is 0. The number of halogens is 2. The predicted molar refractivity (Wildman–Crippen MR) is 109 cm³/mol. The van der Waals surface area contributed by atoms with Crippen molar-refractivity contribution in [2.75, 3.05) is 7.11 Å². The predicted octanol–water partition coefficient (Wildman–Crippen LogP) is 5.51. The first kappa shape index (κ1) is 19.1. The first-order valence-electron chi connectivity index (χ1n) is 8.88. The quantitative estimate of drug-likeness (QED) is 0.394. The van der Waals surface area contributed by atoms with Crippen molar-refractivity contribution in [3.05, 3.63) is 90.0 Å². The number of para-hydroxylation sites is 1. The molecule has 0 unspecified atom stereocenters. The van der Waals surface area contributed by atoms with Crippen LogP contribution in [0.25, 0.3) is 17.1 Å². The lowest BCUT2D eigenvalue weighted by Crippen LogP contribution is -2.00. The Balaban J connectivity index is 1.75. The maximum absolute atomic E-state index is 14.0. The summed E-state index contributed by atoms with van der Waals surface area (Å²) in [6, 6.07) is 21.0. The molecule has 1 aromatic heterocycles. The number of methoxy groups -OCH3 is 1. The Morgan fingerprint density at radius 3 is 2.34 bits per heavy atom. The van der Waals surface area contributed by atoms with E-state index >= 15 is 0 Å². The molecule has 0 spiro atoms. The Kier molecular flexibility index (Phi) is 5.57. The molecule has 4 aromatic rings. The summed E-state index contributed by atoms with van der Waals surface area (Å²) < 4.78 is 35.2. The van der Waals surface area contributed by atoms with Crippen LogP contribution in [0.2, 0.25) is 0 Å². The molecule has 0 N–H and O–H groups in total. The van der Waals surface area contributed by atoms with Crippen molar-refractivity contribution in [1.82, 2.24) is 14.8 Å². The molecule has 0 radical (unpaired) electrons. The van der Waals surface area contributed by atoms with Gasteiger partial charge in [0.25, 0.3) is 0 Å². The largest absolute Gasteiger partial charge is 0.497 e.